The van der Waals surface area contributed by atoms with Crippen molar-refractivity contribution >= 4 is 28.9 Å². The third-order valence-electron chi connectivity index (χ3n) is 2.85. The Morgan fingerprint density at radius 3 is 2.35 bits per heavy atom. The molecule has 0 bridgehead atoms. The highest BCUT2D eigenvalue weighted by Gasteiger charge is 2.15. The lowest BCUT2D eigenvalue weighted by Gasteiger charge is -2.17. The van der Waals surface area contributed by atoms with Crippen LogP contribution in [0, 0.1) is 11.6 Å². The van der Waals surface area contributed by atoms with Gasteiger partial charge in [0.25, 0.3) is 0 Å². The molecule has 0 aliphatic rings. The molecule has 0 radical (unpaired) electrons. The lowest BCUT2D eigenvalue weighted by Crippen LogP contribution is -2.09. The second-order valence-electron chi connectivity index (χ2n) is 4.30. The van der Waals surface area contributed by atoms with Gasteiger partial charge >= 0.3 is 0 Å². The maximum Gasteiger partial charge on any atom is 0.164 e. The van der Waals surface area contributed by atoms with Gasteiger partial charge in [-0.2, -0.15) is 0 Å². The van der Waals surface area contributed by atoms with Crippen LogP contribution in [0.2, 0.25) is 10.0 Å². The van der Waals surface area contributed by atoms with Crippen LogP contribution in [0.1, 0.15) is 18.5 Å². The zero-order chi connectivity index (χ0) is 14.9. The van der Waals surface area contributed by atoms with E-state index >= 15 is 0 Å². The van der Waals surface area contributed by atoms with Crippen LogP contribution in [0.3, 0.4) is 0 Å². The molecule has 2 aromatic carbocycles. The summed E-state index contributed by atoms with van der Waals surface area (Å²) in [6.45, 7) is 1.67. The number of rotatable bonds is 3. The Kier molecular flexibility index (Phi) is 4.35. The normalized spacial score (nSPS) is 12.2. The average molecular weight is 318 g/mol. The first-order valence-corrected chi connectivity index (χ1v) is 6.54. The van der Waals surface area contributed by atoms with E-state index in [1.54, 1.807) is 6.92 Å². The van der Waals surface area contributed by atoms with Crippen molar-refractivity contribution in [3.8, 4) is 5.75 Å². The Morgan fingerprint density at radius 2 is 1.75 bits per heavy atom. The predicted octanol–water partition coefficient (Wildman–Crippen LogP) is 5.15. The number of hydrogen-bond acceptors (Lipinski definition) is 2. The smallest absolute Gasteiger partial charge is 0.164 e. The molecule has 2 aromatic rings. The molecule has 0 aliphatic heterocycles. The van der Waals surface area contributed by atoms with Gasteiger partial charge in [-0.1, -0.05) is 35.3 Å². The van der Waals surface area contributed by atoms with Gasteiger partial charge in [-0.3, -0.25) is 0 Å². The number of benzene rings is 2. The van der Waals surface area contributed by atoms with Gasteiger partial charge in [0, 0.05) is 11.3 Å². The number of halogens is 4. The Morgan fingerprint density at radius 1 is 1.15 bits per heavy atom. The van der Waals surface area contributed by atoms with Gasteiger partial charge in [-0.05, 0) is 25.1 Å². The van der Waals surface area contributed by atoms with Crippen molar-refractivity contribution in [2.45, 2.75) is 13.0 Å². The van der Waals surface area contributed by atoms with Crippen molar-refractivity contribution in [1.29, 1.82) is 0 Å². The van der Waals surface area contributed by atoms with Crippen LogP contribution in [0.4, 0.5) is 14.5 Å². The van der Waals surface area contributed by atoms with Crippen LogP contribution in [0.5, 0.6) is 5.75 Å². The van der Waals surface area contributed by atoms with Crippen molar-refractivity contribution in [3.63, 3.8) is 0 Å². The number of hydrogen-bond donors (Lipinski definition) is 2. The zero-order valence-electron chi connectivity index (χ0n) is 10.4. The average Bonchev–Trinajstić information content (AvgIpc) is 2.39. The SMILES string of the molecule is CC(Nc1cc(Cl)c(O)c(Cl)c1)c1cccc(F)c1F. The Hall–Kier alpha value is -1.52. The second-order valence-corrected chi connectivity index (χ2v) is 5.11. The predicted molar refractivity (Wildman–Crippen MR) is 76.5 cm³/mol. The fraction of sp³-hybridized carbons (Fsp3) is 0.143. The molecular formula is C14H11Cl2F2NO. The zero-order valence-corrected chi connectivity index (χ0v) is 11.9. The van der Waals surface area contributed by atoms with Crippen LogP contribution >= 0.6 is 23.2 Å². The topological polar surface area (TPSA) is 32.3 Å². The molecule has 6 heteroatoms. The van der Waals surface area contributed by atoms with Gasteiger partial charge < -0.3 is 10.4 Å². The van der Waals surface area contributed by atoms with Gasteiger partial charge in [0.1, 0.15) is 0 Å². The molecule has 0 saturated heterocycles. The van der Waals surface area contributed by atoms with E-state index in [9.17, 15) is 13.9 Å². The van der Waals surface area contributed by atoms with Gasteiger partial charge in [-0.25, -0.2) is 8.78 Å². The van der Waals surface area contributed by atoms with Crippen LogP contribution in [0.25, 0.3) is 0 Å². The summed E-state index contributed by atoms with van der Waals surface area (Å²) < 4.78 is 26.9. The highest BCUT2D eigenvalue weighted by molar-refractivity contribution is 6.37. The molecule has 0 saturated carbocycles. The minimum atomic E-state index is -0.905. The van der Waals surface area contributed by atoms with E-state index in [1.165, 1.54) is 24.3 Å². The lowest BCUT2D eigenvalue weighted by atomic mass is 10.1. The lowest BCUT2D eigenvalue weighted by molar-refractivity contribution is 0.476. The summed E-state index contributed by atoms with van der Waals surface area (Å²) in [4.78, 5) is 0. The molecule has 106 valence electrons. The maximum atomic E-state index is 13.7. The Bertz CT molecular complexity index is 626. The third kappa shape index (κ3) is 2.97. The number of phenols is 1. The molecule has 20 heavy (non-hydrogen) atoms. The first-order chi connectivity index (χ1) is 9.40. The van der Waals surface area contributed by atoms with E-state index in [1.807, 2.05) is 0 Å². The van der Waals surface area contributed by atoms with Crippen molar-refractivity contribution in [2.24, 2.45) is 0 Å². The van der Waals surface area contributed by atoms with E-state index in [0.717, 1.165) is 6.07 Å². The van der Waals surface area contributed by atoms with Gasteiger partial charge in [0.05, 0.1) is 16.1 Å². The van der Waals surface area contributed by atoms with E-state index in [2.05, 4.69) is 5.32 Å². The Labute approximate surface area is 125 Å². The van der Waals surface area contributed by atoms with Crippen molar-refractivity contribution in [1.82, 2.24) is 0 Å². The van der Waals surface area contributed by atoms with Crippen molar-refractivity contribution in [2.75, 3.05) is 5.32 Å². The highest BCUT2D eigenvalue weighted by Crippen LogP contribution is 2.35. The molecule has 2 rings (SSSR count). The standard InChI is InChI=1S/C14H11Cl2F2NO/c1-7(9-3-2-4-12(17)13(9)18)19-8-5-10(15)14(20)11(16)6-8/h2-7,19-20H,1H3. The summed E-state index contributed by atoms with van der Waals surface area (Å²) in [5.74, 6) is -2.02. The van der Waals surface area contributed by atoms with Crippen LogP contribution in [-0.4, -0.2) is 5.11 Å². The minimum Gasteiger partial charge on any atom is -0.505 e. The second kappa shape index (κ2) is 5.85. The number of anilines is 1. The summed E-state index contributed by atoms with van der Waals surface area (Å²) in [6.07, 6.45) is 0. The fourth-order valence-electron chi connectivity index (χ4n) is 1.83. The summed E-state index contributed by atoms with van der Waals surface area (Å²) in [5, 5.41) is 12.6. The summed E-state index contributed by atoms with van der Waals surface area (Å²) in [7, 11) is 0. The van der Waals surface area contributed by atoms with Crippen LogP contribution in [0.15, 0.2) is 30.3 Å². The van der Waals surface area contributed by atoms with Gasteiger partial charge in [0.15, 0.2) is 17.4 Å². The molecule has 2 N–H and O–H groups in total. The van der Waals surface area contributed by atoms with Crippen molar-refractivity contribution < 1.29 is 13.9 Å². The molecule has 1 atom stereocenters. The van der Waals surface area contributed by atoms with E-state index < -0.39 is 17.7 Å². The molecule has 0 amide bonds. The largest absolute Gasteiger partial charge is 0.505 e. The molecule has 0 aromatic heterocycles. The molecule has 1 unspecified atom stereocenters. The number of aromatic hydroxyl groups is 1. The molecule has 0 heterocycles. The summed E-state index contributed by atoms with van der Waals surface area (Å²) in [5.41, 5.74) is 0.680. The van der Waals surface area contributed by atoms with Gasteiger partial charge in [-0.15, -0.1) is 0 Å². The van der Waals surface area contributed by atoms with E-state index in [4.69, 9.17) is 23.2 Å². The summed E-state index contributed by atoms with van der Waals surface area (Å²) in [6, 6.07) is 6.39. The Balaban J connectivity index is 2.28. The van der Waals surface area contributed by atoms with Crippen molar-refractivity contribution in [3.05, 3.63) is 57.6 Å². The molecule has 2 nitrogen and oxygen atoms in total. The number of phenolic OH excluding ortho intramolecular Hbond substituents is 1. The van der Waals surface area contributed by atoms with E-state index in [-0.39, 0.29) is 21.4 Å². The molecule has 0 fully saturated rings. The summed E-state index contributed by atoms with van der Waals surface area (Å²) >= 11 is 11.6. The van der Waals surface area contributed by atoms with E-state index in [0.29, 0.717) is 5.69 Å². The quantitative estimate of drug-likeness (QED) is 0.767. The third-order valence-corrected chi connectivity index (χ3v) is 3.42. The first-order valence-electron chi connectivity index (χ1n) is 5.78. The van der Waals surface area contributed by atoms with Crippen LogP contribution < -0.4 is 5.32 Å². The highest BCUT2D eigenvalue weighted by atomic mass is 35.5. The molecular weight excluding hydrogens is 307 g/mol. The van der Waals surface area contributed by atoms with Gasteiger partial charge in [0.2, 0.25) is 0 Å². The number of nitrogens with one attached hydrogen (secondary N) is 1. The molecule has 0 aliphatic carbocycles. The monoisotopic (exact) mass is 317 g/mol. The maximum absolute atomic E-state index is 13.7. The first kappa shape index (κ1) is 14.9. The fourth-order valence-corrected chi connectivity index (χ4v) is 2.32. The minimum absolute atomic E-state index is 0.0758. The van der Waals surface area contributed by atoms with Crippen LogP contribution in [-0.2, 0) is 0 Å². The molecule has 0 spiro atoms.